The van der Waals surface area contributed by atoms with Crippen LogP contribution in [0.25, 0.3) is 0 Å². The van der Waals surface area contributed by atoms with Gasteiger partial charge >= 0.3 is 0 Å². The highest BCUT2D eigenvalue weighted by molar-refractivity contribution is 5.33. The first-order chi connectivity index (χ1) is 5.24. The summed E-state index contributed by atoms with van der Waals surface area (Å²) < 4.78 is 0. The van der Waals surface area contributed by atoms with Gasteiger partial charge in [0.25, 0.3) is 0 Å². The molecule has 0 radical (unpaired) electrons. The molecule has 0 saturated heterocycles. The molecule has 0 aromatic heterocycles. The Morgan fingerprint density at radius 2 is 2.27 bits per heavy atom. The molecule has 11 heavy (non-hydrogen) atoms. The first-order valence-corrected chi connectivity index (χ1v) is 3.92. The Morgan fingerprint density at radius 1 is 1.55 bits per heavy atom. The van der Waals surface area contributed by atoms with Crippen molar-refractivity contribution < 1.29 is 5.11 Å². The van der Waals surface area contributed by atoms with Crippen molar-refractivity contribution >= 4 is 0 Å². The van der Waals surface area contributed by atoms with E-state index in [0.29, 0.717) is 0 Å². The van der Waals surface area contributed by atoms with E-state index < -0.39 is 0 Å². The van der Waals surface area contributed by atoms with Crippen LogP contribution in [0.4, 0.5) is 0 Å². The van der Waals surface area contributed by atoms with E-state index in [1.54, 1.807) is 6.08 Å². The van der Waals surface area contributed by atoms with Gasteiger partial charge in [-0.15, -0.1) is 0 Å². The molecule has 60 valence electrons. The van der Waals surface area contributed by atoms with Crippen LogP contribution in [0.1, 0.15) is 19.3 Å². The third kappa shape index (κ3) is 2.05. The zero-order valence-electron chi connectivity index (χ0n) is 6.71. The van der Waals surface area contributed by atoms with E-state index in [9.17, 15) is 5.11 Å². The van der Waals surface area contributed by atoms with Crippen LogP contribution in [0.15, 0.2) is 36.5 Å². The third-order valence-electron chi connectivity index (χ3n) is 2.01. The van der Waals surface area contributed by atoms with Crippen LogP contribution in [-0.4, -0.2) is 11.2 Å². The number of allylic oxidation sites excluding steroid dienone is 3. The molecular weight excluding hydrogens is 136 g/mol. The fraction of sp³-hybridized carbons (Fsp3) is 0.400. The lowest BCUT2D eigenvalue weighted by molar-refractivity contribution is 0.158. The van der Waals surface area contributed by atoms with Gasteiger partial charge < -0.3 is 5.11 Å². The van der Waals surface area contributed by atoms with Crippen LogP contribution in [-0.2, 0) is 0 Å². The van der Waals surface area contributed by atoms with Gasteiger partial charge in [-0.2, -0.15) is 0 Å². The molecule has 0 aromatic rings. The summed E-state index contributed by atoms with van der Waals surface area (Å²) in [5.41, 5.74) is 2.30. The molecule has 1 heteroatoms. The predicted octanol–water partition coefficient (Wildman–Crippen LogP) is 2.20. The molecule has 1 fully saturated rings. The van der Waals surface area contributed by atoms with Gasteiger partial charge in [-0.3, -0.25) is 0 Å². The number of aliphatic hydroxyl groups is 1. The van der Waals surface area contributed by atoms with Crippen LogP contribution in [0, 0.1) is 0 Å². The average Bonchev–Trinajstić information content (AvgIpc) is 1.98. The second-order valence-corrected chi connectivity index (χ2v) is 2.93. The van der Waals surface area contributed by atoms with Gasteiger partial charge in [-0.1, -0.05) is 30.9 Å². The quantitative estimate of drug-likeness (QED) is 0.607. The van der Waals surface area contributed by atoms with E-state index in [0.717, 1.165) is 30.4 Å². The largest absolute Gasteiger partial charge is 0.393 e. The maximum atomic E-state index is 9.31. The first kappa shape index (κ1) is 8.28. The fourth-order valence-corrected chi connectivity index (χ4v) is 1.33. The molecule has 1 aliphatic carbocycles. The number of rotatable bonds is 1. The van der Waals surface area contributed by atoms with E-state index in [2.05, 4.69) is 13.2 Å². The van der Waals surface area contributed by atoms with Crippen molar-refractivity contribution in [3.05, 3.63) is 36.5 Å². The maximum absolute atomic E-state index is 9.31. The summed E-state index contributed by atoms with van der Waals surface area (Å²) >= 11 is 0. The Morgan fingerprint density at radius 3 is 2.91 bits per heavy atom. The topological polar surface area (TPSA) is 20.2 Å². The summed E-state index contributed by atoms with van der Waals surface area (Å²) in [6, 6.07) is 0. The molecule has 1 rings (SSSR count). The Bertz CT molecular complexity index is 201. The summed E-state index contributed by atoms with van der Waals surface area (Å²) in [4.78, 5) is 0. The van der Waals surface area contributed by atoms with Crippen molar-refractivity contribution in [1.82, 2.24) is 0 Å². The summed E-state index contributed by atoms with van der Waals surface area (Å²) in [7, 11) is 0. The minimum Gasteiger partial charge on any atom is -0.393 e. The van der Waals surface area contributed by atoms with Gasteiger partial charge in [0, 0.05) is 0 Å². The van der Waals surface area contributed by atoms with Crippen LogP contribution in [0.2, 0.25) is 0 Å². The maximum Gasteiger partial charge on any atom is 0.0583 e. The van der Waals surface area contributed by atoms with Crippen molar-refractivity contribution in [2.75, 3.05) is 0 Å². The predicted molar refractivity (Wildman–Crippen MR) is 47.3 cm³/mol. The number of hydrogen-bond donors (Lipinski definition) is 1. The second-order valence-electron chi connectivity index (χ2n) is 2.93. The van der Waals surface area contributed by atoms with E-state index in [1.165, 1.54) is 0 Å². The molecule has 1 aliphatic rings. The summed E-state index contributed by atoms with van der Waals surface area (Å²) in [6.45, 7) is 7.54. The van der Waals surface area contributed by atoms with Gasteiger partial charge in [0.1, 0.15) is 0 Å². The molecule has 0 unspecified atom stereocenters. The summed E-state index contributed by atoms with van der Waals surface area (Å²) in [5.74, 6) is 0. The van der Waals surface area contributed by atoms with Gasteiger partial charge in [0.15, 0.2) is 0 Å². The smallest absolute Gasteiger partial charge is 0.0583 e. The number of aliphatic hydroxyl groups excluding tert-OH is 1. The Hall–Kier alpha value is -0.820. The molecule has 0 aliphatic heterocycles. The fourth-order valence-electron chi connectivity index (χ4n) is 1.33. The highest BCUT2D eigenvalue weighted by Crippen LogP contribution is 2.27. The van der Waals surface area contributed by atoms with E-state index in [4.69, 9.17) is 0 Å². The lowest BCUT2D eigenvalue weighted by atomic mass is 9.88. The van der Waals surface area contributed by atoms with Crippen LogP contribution >= 0.6 is 0 Å². The third-order valence-corrected chi connectivity index (χ3v) is 2.01. The minimum absolute atomic E-state index is 0.174. The minimum atomic E-state index is -0.174. The summed E-state index contributed by atoms with van der Waals surface area (Å²) in [5, 5.41) is 9.31. The van der Waals surface area contributed by atoms with Crippen LogP contribution in [0.3, 0.4) is 0 Å². The monoisotopic (exact) mass is 150 g/mol. The first-order valence-electron chi connectivity index (χ1n) is 3.92. The van der Waals surface area contributed by atoms with E-state index in [-0.39, 0.29) is 6.10 Å². The van der Waals surface area contributed by atoms with Gasteiger partial charge in [0.05, 0.1) is 6.10 Å². The highest BCUT2D eigenvalue weighted by Gasteiger charge is 2.16. The Kier molecular flexibility index (Phi) is 2.66. The molecule has 1 saturated carbocycles. The zero-order valence-corrected chi connectivity index (χ0v) is 6.71. The Balaban J connectivity index is 2.68. The van der Waals surface area contributed by atoms with Crippen LogP contribution < -0.4 is 0 Å². The molecule has 0 bridgehead atoms. The molecule has 0 spiro atoms. The van der Waals surface area contributed by atoms with Gasteiger partial charge in [-0.25, -0.2) is 0 Å². The van der Waals surface area contributed by atoms with Crippen molar-refractivity contribution in [1.29, 1.82) is 0 Å². The lowest BCUT2D eigenvalue weighted by Gasteiger charge is -2.21. The van der Waals surface area contributed by atoms with Crippen molar-refractivity contribution in [3.63, 3.8) is 0 Å². The second kappa shape index (κ2) is 3.54. The molecule has 0 heterocycles. The standard InChI is InChI=1S/C10H14O/c1-3-4-9-7-10(11)6-5-8(9)2/h3-4,10-11H,1-2,5-7H2/b9-4+/t10-/m0/s1. The van der Waals surface area contributed by atoms with Crippen molar-refractivity contribution in [2.45, 2.75) is 25.4 Å². The normalized spacial score (nSPS) is 29.0. The molecule has 1 N–H and O–H groups in total. The number of hydrogen-bond acceptors (Lipinski definition) is 1. The van der Waals surface area contributed by atoms with Crippen molar-refractivity contribution in [3.8, 4) is 0 Å². The van der Waals surface area contributed by atoms with Gasteiger partial charge in [0.2, 0.25) is 0 Å². The molecule has 0 amide bonds. The van der Waals surface area contributed by atoms with Crippen LogP contribution in [0.5, 0.6) is 0 Å². The molecule has 1 atom stereocenters. The van der Waals surface area contributed by atoms with Gasteiger partial charge in [-0.05, 0) is 24.8 Å². The molecule has 1 nitrogen and oxygen atoms in total. The zero-order chi connectivity index (χ0) is 8.27. The van der Waals surface area contributed by atoms with Crippen molar-refractivity contribution in [2.24, 2.45) is 0 Å². The lowest BCUT2D eigenvalue weighted by Crippen LogP contribution is -2.14. The molecular formula is C10H14O. The summed E-state index contributed by atoms with van der Waals surface area (Å²) in [6.07, 6.45) is 6.02. The SMILES string of the molecule is C=C/C=C1\C[C@@H](O)CCC1=C. The average molecular weight is 150 g/mol. The highest BCUT2D eigenvalue weighted by atomic mass is 16.3. The van der Waals surface area contributed by atoms with E-state index >= 15 is 0 Å². The Labute approximate surface area is 67.7 Å². The molecule has 0 aromatic carbocycles. The van der Waals surface area contributed by atoms with E-state index in [1.807, 2.05) is 6.08 Å².